The van der Waals surface area contributed by atoms with Crippen molar-refractivity contribution in [1.29, 1.82) is 0 Å². The Bertz CT molecular complexity index is 937. The van der Waals surface area contributed by atoms with E-state index in [-0.39, 0.29) is 22.6 Å². The van der Waals surface area contributed by atoms with Gasteiger partial charge in [0.1, 0.15) is 16.5 Å². The Morgan fingerprint density at radius 1 is 1.33 bits per heavy atom. The number of aromatic nitrogens is 2. The summed E-state index contributed by atoms with van der Waals surface area (Å²) in [7, 11) is -2.56. The normalized spacial score (nSPS) is 13.7. The van der Waals surface area contributed by atoms with Crippen molar-refractivity contribution < 1.29 is 18.3 Å². The molecular weight excluding hydrogens is 438 g/mol. The summed E-state index contributed by atoms with van der Waals surface area (Å²) < 4.78 is 29.3. The molecule has 1 heterocycles. The first-order chi connectivity index (χ1) is 12.5. The van der Waals surface area contributed by atoms with E-state index >= 15 is 0 Å². The predicted octanol–water partition coefficient (Wildman–Crippen LogP) is 2.13. The number of halogens is 1. The quantitative estimate of drug-likeness (QED) is 0.493. The van der Waals surface area contributed by atoms with Gasteiger partial charge in [0.15, 0.2) is 0 Å². The van der Waals surface area contributed by atoms with Gasteiger partial charge in [0.05, 0.1) is 23.7 Å². The Morgan fingerprint density at radius 3 is 2.56 bits per heavy atom. The number of aryl methyl sites for hydroxylation is 1. The Morgan fingerprint density at radius 2 is 2.00 bits per heavy atom. The molecule has 0 amide bonds. The van der Waals surface area contributed by atoms with Crippen LogP contribution in [0.2, 0.25) is 0 Å². The Labute approximate surface area is 166 Å². The number of ether oxygens (including phenoxy) is 1. The lowest BCUT2D eigenvalue weighted by Crippen LogP contribution is -2.28. The van der Waals surface area contributed by atoms with Crippen LogP contribution in [0.4, 0.5) is 17.5 Å². The van der Waals surface area contributed by atoms with Crippen molar-refractivity contribution in [2.45, 2.75) is 37.8 Å². The molecule has 2 rings (SSSR count). The zero-order valence-corrected chi connectivity index (χ0v) is 17.7. The number of methoxy groups -OCH3 is 1. The molecule has 9 nitrogen and oxygen atoms in total. The van der Waals surface area contributed by atoms with Crippen LogP contribution >= 0.6 is 15.9 Å². The van der Waals surface area contributed by atoms with E-state index in [2.05, 4.69) is 36.5 Å². The van der Waals surface area contributed by atoms with E-state index in [1.807, 2.05) is 6.92 Å². The van der Waals surface area contributed by atoms with Crippen LogP contribution in [0.3, 0.4) is 0 Å². The molecule has 27 heavy (non-hydrogen) atoms. The highest BCUT2D eigenvalue weighted by Gasteiger charge is 2.20. The minimum absolute atomic E-state index is 0.0691. The van der Waals surface area contributed by atoms with Crippen molar-refractivity contribution in [1.82, 2.24) is 9.97 Å². The number of sulfonamides is 1. The lowest BCUT2D eigenvalue weighted by molar-refractivity contribution is 0.177. The van der Waals surface area contributed by atoms with Crippen LogP contribution in [0.1, 0.15) is 19.4 Å². The SMILES string of the molecule is COc1cc(Nc2ncc(Br)c(N[C@H](C)[C@@H](C)O)n2)cc(C)c1S(N)(=O)=O. The largest absolute Gasteiger partial charge is 0.495 e. The number of primary sulfonamides is 1. The fourth-order valence-corrected chi connectivity index (χ4v) is 3.56. The van der Waals surface area contributed by atoms with Crippen molar-refractivity contribution >= 4 is 43.4 Å². The summed E-state index contributed by atoms with van der Waals surface area (Å²) in [5.41, 5.74) is 0.964. The Balaban J connectivity index is 2.36. The van der Waals surface area contributed by atoms with E-state index < -0.39 is 16.1 Å². The van der Waals surface area contributed by atoms with E-state index in [4.69, 9.17) is 9.88 Å². The third-order valence-electron chi connectivity index (χ3n) is 3.83. The summed E-state index contributed by atoms with van der Waals surface area (Å²) >= 11 is 3.36. The van der Waals surface area contributed by atoms with Gasteiger partial charge in [-0.3, -0.25) is 0 Å². The molecule has 0 aliphatic rings. The zero-order valence-electron chi connectivity index (χ0n) is 15.3. The molecule has 5 N–H and O–H groups in total. The molecule has 11 heteroatoms. The van der Waals surface area contributed by atoms with E-state index in [9.17, 15) is 13.5 Å². The van der Waals surface area contributed by atoms with E-state index in [0.717, 1.165) is 0 Å². The minimum Gasteiger partial charge on any atom is -0.495 e. The van der Waals surface area contributed by atoms with E-state index in [1.54, 1.807) is 26.1 Å². The van der Waals surface area contributed by atoms with Crippen LogP contribution in [-0.2, 0) is 10.0 Å². The first kappa shape index (κ1) is 21.4. The van der Waals surface area contributed by atoms with Gasteiger partial charge in [-0.15, -0.1) is 0 Å². The summed E-state index contributed by atoms with van der Waals surface area (Å²) in [6.07, 6.45) is 0.996. The monoisotopic (exact) mass is 459 g/mol. The lowest BCUT2D eigenvalue weighted by Gasteiger charge is -2.18. The smallest absolute Gasteiger partial charge is 0.242 e. The molecule has 0 spiro atoms. The van der Waals surface area contributed by atoms with Crippen LogP contribution in [0.15, 0.2) is 27.7 Å². The molecule has 0 radical (unpaired) electrons. The van der Waals surface area contributed by atoms with Crippen LogP contribution in [0.25, 0.3) is 0 Å². The third-order valence-corrected chi connectivity index (χ3v) is 5.51. The van der Waals surface area contributed by atoms with Crippen LogP contribution < -0.4 is 20.5 Å². The number of rotatable bonds is 7. The van der Waals surface area contributed by atoms with Crippen molar-refractivity contribution in [3.63, 3.8) is 0 Å². The minimum atomic E-state index is -3.92. The molecule has 148 valence electrons. The number of anilines is 3. The Kier molecular flexibility index (Phi) is 6.63. The number of hydrogen-bond acceptors (Lipinski definition) is 8. The van der Waals surface area contributed by atoms with Gasteiger partial charge in [-0.05, 0) is 48.3 Å². The van der Waals surface area contributed by atoms with Gasteiger partial charge >= 0.3 is 0 Å². The maximum absolute atomic E-state index is 11.8. The van der Waals surface area contributed by atoms with Gasteiger partial charge in [0, 0.05) is 18.0 Å². The van der Waals surface area contributed by atoms with Crippen LogP contribution in [0, 0.1) is 6.92 Å². The maximum Gasteiger partial charge on any atom is 0.242 e. The van der Waals surface area contributed by atoms with Crippen molar-refractivity contribution in [2.24, 2.45) is 5.14 Å². The summed E-state index contributed by atoms with van der Waals surface area (Å²) in [5.74, 6) is 0.909. The van der Waals surface area contributed by atoms with Crippen LogP contribution in [-0.4, -0.2) is 42.7 Å². The topological polar surface area (TPSA) is 139 Å². The van der Waals surface area contributed by atoms with Gasteiger partial charge in [-0.1, -0.05) is 0 Å². The molecule has 2 aromatic rings. The number of aliphatic hydroxyl groups is 1. The number of nitrogens with zero attached hydrogens (tertiary/aromatic N) is 2. The molecule has 0 fully saturated rings. The van der Waals surface area contributed by atoms with Crippen molar-refractivity contribution in [3.05, 3.63) is 28.4 Å². The second kappa shape index (κ2) is 8.38. The Hall–Kier alpha value is -1.95. The van der Waals surface area contributed by atoms with Gasteiger partial charge in [0.2, 0.25) is 16.0 Å². The summed E-state index contributed by atoms with van der Waals surface area (Å²) in [6, 6.07) is 2.89. The highest BCUT2D eigenvalue weighted by atomic mass is 79.9. The zero-order chi connectivity index (χ0) is 20.4. The highest BCUT2D eigenvalue weighted by Crippen LogP contribution is 2.31. The average molecular weight is 460 g/mol. The predicted molar refractivity (Wildman–Crippen MR) is 107 cm³/mol. The average Bonchev–Trinajstić information content (AvgIpc) is 2.55. The summed E-state index contributed by atoms with van der Waals surface area (Å²) in [4.78, 5) is 8.49. The fraction of sp³-hybridized carbons (Fsp3) is 0.375. The molecule has 0 aliphatic carbocycles. The molecule has 0 aliphatic heterocycles. The number of nitrogens with two attached hydrogens (primary N) is 1. The highest BCUT2D eigenvalue weighted by molar-refractivity contribution is 9.10. The number of benzene rings is 1. The first-order valence-electron chi connectivity index (χ1n) is 7.98. The fourth-order valence-electron chi connectivity index (χ4n) is 2.32. The van der Waals surface area contributed by atoms with Crippen LogP contribution in [0.5, 0.6) is 5.75 Å². The molecule has 0 saturated carbocycles. The van der Waals surface area contributed by atoms with Gasteiger partial charge in [-0.25, -0.2) is 18.5 Å². The van der Waals surface area contributed by atoms with Gasteiger partial charge < -0.3 is 20.5 Å². The summed E-state index contributed by atoms with van der Waals surface area (Å²) in [5, 5.41) is 21.0. The van der Waals surface area contributed by atoms with E-state index in [0.29, 0.717) is 21.5 Å². The molecular formula is C16H22BrN5O4S. The molecule has 0 saturated heterocycles. The second-order valence-electron chi connectivity index (χ2n) is 6.06. The van der Waals surface area contributed by atoms with Crippen molar-refractivity contribution in [2.75, 3.05) is 17.7 Å². The molecule has 2 atom stereocenters. The standard InChI is InChI=1S/C16H22BrN5O4S/c1-8-5-11(6-13(26-4)14(8)27(18,24)25)21-16-19-7-12(17)15(22-16)20-9(2)10(3)23/h5-7,9-10,23H,1-4H3,(H2,18,24,25)(H2,19,20,21,22)/t9-,10-/m1/s1. The van der Waals surface area contributed by atoms with E-state index in [1.165, 1.54) is 13.2 Å². The number of aliphatic hydroxyl groups excluding tert-OH is 1. The number of nitrogens with one attached hydrogen (secondary N) is 2. The molecule has 1 aromatic carbocycles. The van der Waals surface area contributed by atoms with Gasteiger partial charge in [0.25, 0.3) is 0 Å². The first-order valence-corrected chi connectivity index (χ1v) is 10.3. The number of hydrogen-bond donors (Lipinski definition) is 4. The molecule has 0 unspecified atom stereocenters. The molecule has 1 aromatic heterocycles. The lowest BCUT2D eigenvalue weighted by atomic mass is 10.2. The van der Waals surface area contributed by atoms with Gasteiger partial charge in [-0.2, -0.15) is 4.98 Å². The second-order valence-corrected chi connectivity index (χ2v) is 8.41. The summed E-state index contributed by atoms with van der Waals surface area (Å²) in [6.45, 7) is 5.12. The molecule has 0 bridgehead atoms. The maximum atomic E-state index is 11.8. The third kappa shape index (κ3) is 5.28. The van der Waals surface area contributed by atoms with Crippen molar-refractivity contribution in [3.8, 4) is 5.75 Å².